The SMILES string of the molecule is Cc1ccc(C(C)(C)N2CCC(CCc3ccc(F)s3)(C(NC(=O)Nc3ccccc3)(C(F)(F)F)C(F)(F)F)C2)cn1. The van der Waals surface area contributed by atoms with Crippen molar-refractivity contribution in [1.29, 1.82) is 0 Å². The maximum absolute atomic E-state index is 15.1. The molecule has 3 heterocycles. The van der Waals surface area contributed by atoms with Gasteiger partial charge in [-0.2, -0.15) is 30.7 Å². The highest BCUT2D eigenvalue weighted by atomic mass is 32.1. The zero-order chi connectivity index (χ0) is 31.0. The fourth-order valence-corrected chi connectivity index (χ4v) is 6.53. The highest BCUT2D eigenvalue weighted by molar-refractivity contribution is 7.10. The van der Waals surface area contributed by atoms with Crippen LogP contribution in [0, 0.1) is 17.5 Å². The number of alkyl halides is 6. The molecule has 1 saturated heterocycles. The average molecular weight is 617 g/mol. The van der Waals surface area contributed by atoms with E-state index in [0.29, 0.717) is 27.5 Å². The van der Waals surface area contributed by atoms with Crippen LogP contribution in [0.2, 0.25) is 0 Å². The zero-order valence-electron chi connectivity index (χ0n) is 23.2. The van der Waals surface area contributed by atoms with Crippen LogP contribution in [0.1, 0.15) is 42.8 Å². The molecule has 3 aromatic rings. The third-order valence-corrected chi connectivity index (χ3v) is 9.15. The number of benzene rings is 1. The minimum Gasteiger partial charge on any atom is -0.315 e. The van der Waals surface area contributed by atoms with Crippen molar-refractivity contribution >= 4 is 23.1 Å². The number of likely N-dealkylation sites (tertiary alicyclic amines) is 1. The number of hydrogen-bond donors (Lipinski definition) is 2. The number of aromatic nitrogens is 1. The van der Waals surface area contributed by atoms with E-state index in [0.717, 1.165) is 6.07 Å². The largest absolute Gasteiger partial charge is 0.421 e. The number of amides is 2. The van der Waals surface area contributed by atoms with Crippen LogP contribution in [0.15, 0.2) is 60.8 Å². The van der Waals surface area contributed by atoms with Gasteiger partial charge in [0.05, 0.1) is 0 Å². The summed E-state index contributed by atoms with van der Waals surface area (Å²) in [6.45, 7) is 4.42. The third kappa shape index (κ3) is 5.98. The molecule has 5 nitrogen and oxygen atoms in total. The summed E-state index contributed by atoms with van der Waals surface area (Å²) in [5.74, 6) is 0. The topological polar surface area (TPSA) is 57.3 Å². The molecule has 42 heavy (non-hydrogen) atoms. The fourth-order valence-electron chi connectivity index (χ4n) is 5.80. The van der Waals surface area contributed by atoms with Crippen molar-refractivity contribution in [1.82, 2.24) is 15.2 Å². The highest BCUT2D eigenvalue weighted by Gasteiger charge is 2.80. The number of carbonyl (C=O) groups excluding carboxylic acids is 1. The molecule has 4 rings (SSSR count). The summed E-state index contributed by atoms with van der Waals surface area (Å²) in [6.07, 6.45) is -11.7. The lowest BCUT2D eigenvalue weighted by Crippen LogP contribution is -2.76. The number of thiophene rings is 1. The lowest BCUT2D eigenvalue weighted by Gasteiger charge is -2.51. The number of pyridine rings is 1. The van der Waals surface area contributed by atoms with E-state index in [1.807, 2.05) is 0 Å². The Balaban J connectivity index is 1.81. The van der Waals surface area contributed by atoms with Gasteiger partial charge in [0.25, 0.3) is 0 Å². The first kappa shape index (κ1) is 31.7. The van der Waals surface area contributed by atoms with E-state index in [4.69, 9.17) is 0 Å². The second-order valence-corrected chi connectivity index (χ2v) is 12.2. The second-order valence-electron chi connectivity index (χ2n) is 11.1. The molecule has 2 aromatic heterocycles. The van der Waals surface area contributed by atoms with Gasteiger partial charge in [-0.15, -0.1) is 11.3 Å². The average Bonchev–Trinajstić information content (AvgIpc) is 3.53. The Morgan fingerprint density at radius 3 is 2.21 bits per heavy atom. The Labute approximate surface area is 243 Å². The molecule has 2 N–H and O–H groups in total. The van der Waals surface area contributed by atoms with Crippen molar-refractivity contribution in [2.24, 2.45) is 5.41 Å². The monoisotopic (exact) mass is 616 g/mol. The van der Waals surface area contributed by atoms with Crippen LogP contribution in [0.4, 0.5) is 41.2 Å². The lowest BCUT2D eigenvalue weighted by molar-refractivity contribution is -0.336. The van der Waals surface area contributed by atoms with Crippen molar-refractivity contribution in [2.75, 3.05) is 18.4 Å². The van der Waals surface area contributed by atoms with E-state index in [1.165, 1.54) is 35.6 Å². The van der Waals surface area contributed by atoms with E-state index >= 15 is 26.3 Å². The summed E-state index contributed by atoms with van der Waals surface area (Å²) in [5, 5.41) is 2.91. The molecule has 13 heteroatoms. The summed E-state index contributed by atoms with van der Waals surface area (Å²) < 4.78 is 105. The number of rotatable bonds is 8. The molecule has 0 saturated carbocycles. The van der Waals surface area contributed by atoms with Gasteiger partial charge < -0.3 is 10.6 Å². The molecule has 2 amide bonds. The lowest BCUT2D eigenvalue weighted by atomic mass is 9.64. The van der Waals surface area contributed by atoms with Gasteiger partial charge in [-0.25, -0.2) is 4.79 Å². The molecule has 1 aliphatic heterocycles. The molecule has 1 aliphatic rings. The van der Waals surface area contributed by atoms with Crippen LogP contribution < -0.4 is 10.6 Å². The van der Waals surface area contributed by atoms with Gasteiger partial charge in [-0.1, -0.05) is 24.3 Å². The summed E-state index contributed by atoms with van der Waals surface area (Å²) in [6, 6.07) is 11.5. The number of nitrogens with one attached hydrogen (secondary N) is 2. The molecule has 1 atom stereocenters. The molecule has 1 fully saturated rings. The van der Waals surface area contributed by atoms with Gasteiger partial charge in [-0.05, 0) is 82.5 Å². The smallest absolute Gasteiger partial charge is 0.315 e. The maximum atomic E-state index is 15.1. The minimum atomic E-state index is -5.94. The van der Waals surface area contributed by atoms with E-state index in [9.17, 15) is 9.18 Å². The summed E-state index contributed by atoms with van der Waals surface area (Å²) in [7, 11) is 0. The van der Waals surface area contributed by atoms with E-state index in [2.05, 4.69) is 10.3 Å². The van der Waals surface area contributed by atoms with Gasteiger partial charge in [0.2, 0.25) is 5.54 Å². The van der Waals surface area contributed by atoms with Gasteiger partial charge in [-0.3, -0.25) is 9.88 Å². The molecule has 0 bridgehead atoms. The number of para-hydroxylation sites is 1. The Hall–Kier alpha value is -3.19. The minimum absolute atomic E-state index is 0.0254. The molecule has 0 spiro atoms. The first-order chi connectivity index (χ1) is 19.5. The Morgan fingerprint density at radius 1 is 1.00 bits per heavy atom. The maximum Gasteiger partial charge on any atom is 0.421 e. The van der Waals surface area contributed by atoms with Gasteiger partial charge in [0, 0.05) is 40.0 Å². The predicted octanol–water partition coefficient (Wildman–Crippen LogP) is 7.84. The van der Waals surface area contributed by atoms with E-state index in [1.54, 1.807) is 50.1 Å². The fraction of sp³-hybridized carbons (Fsp3) is 0.448. The highest BCUT2D eigenvalue weighted by Crippen LogP contribution is 2.59. The van der Waals surface area contributed by atoms with Gasteiger partial charge in [0.15, 0.2) is 5.13 Å². The van der Waals surface area contributed by atoms with Crippen LogP contribution in [0.3, 0.4) is 0 Å². The van der Waals surface area contributed by atoms with Crippen molar-refractivity contribution in [3.63, 3.8) is 0 Å². The number of urea groups is 1. The first-order valence-corrected chi connectivity index (χ1v) is 14.0. The summed E-state index contributed by atoms with van der Waals surface area (Å²) in [5.41, 5.74) is -6.84. The number of halogens is 7. The van der Waals surface area contributed by atoms with Crippen LogP contribution >= 0.6 is 11.3 Å². The molecule has 228 valence electrons. The second kappa shape index (κ2) is 11.5. The van der Waals surface area contributed by atoms with Crippen LogP contribution in [-0.4, -0.2) is 46.9 Å². The van der Waals surface area contributed by atoms with Crippen LogP contribution in [0.25, 0.3) is 0 Å². The molecule has 1 unspecified atom stereocenters. The van der Waals surface area contributed by atoms with E-state index < -0.39 is 59.4 Å². The van der Waals surface area contributed by atoms with Crippen LogP contribution in [-0.2, 0) is 12.0 Å². The molecule has 0 aliphatic carbocycles. The summed E-state index contributed by atoms with van der Waals surface area (Å²) in [4.78, 5) is 19.1. The van der Waals surface area contributed by atoms with Gasteiger partial charge in [0.1, 0.15) is 0 Å². The van der Waals surface area contributed by atoms with Gasteiger partial charge >= 0.3 is 18.4 Å². The predicted molar refractivity (Wildman–Crippen MR) is 147 cm³/mol. The number of anilines is 1. The van der Waals surface area contributed by atoms with Crippen molar-refractivity contribution in [3.8, 4) is 0 Å². The van der Waals surface area contributed by atoms with Crippen molar-refractivity contribution in [3.05, 3.63) is 82.1 Å². The summed E-state index contributed by atoms with van der Waals surface area (Å²) >= 11 is 0.665. The third-order valence-electron chi connectivity index (χ3n) is 8.22. The Morgan fingerprint density at radius 2 is 1.67 bits per heavy atom. The number of hydrogen-bond acceptors (Lipinski definition) is 4. The number of nitrogens with zero attached hydrogens (tertiary/aromatic N) is 2. The molecule has 1 aromatic carbocycles. The Bertz CT molecular complexity index is 1360. The van der Waals surface area contributed by atoms with E-state index in [-0.39, 0.29) is 18.7 Å². The van der Waals surface area contributed by atoms with Crippen LogP contribution in [0.5, 0.6) is 0 Å². The quantitative estimate of drug-likeness (QED) is 0.254. The first-order valence-electron chi connectivity index (χ1n) is 13.2. The standard InChI is InChI=1S/C29H31F7N4OS/c1-19-9-10-20(17-37-19)25(2,3)40-16-15-26(18-40,14-13-22-11-12-23(30)42-22)27(28(31,32)33,29(34,35)36)39-24(41)38-21-7-5-4-6-8-21/h4-12,17H,13-16,18H2,1-3H3,(H2,38,39,41). The molecule has 0 radical (unpaired) electrons. The molecular formula is C29H31F7N4OS. The normalized spacial score (nSPS) is 18.7. The van der Waals surface area contributed by atoms with Crippen molar-refractivity contribution < 1.29 is 35.5 Å². The number of carbonyl (C=O) groups is 1. The number of aryl methyl sites for hydroxylation is 2. The molecular weight excluding hydrogens is 585 g/mol. The van der Waals surface area contributed by atoms with Crippen molar-refractivity contribution in [2.45, 2.75) is 63.5 Å². The zero-order valence-corrected chi connectivity index (χ0v) is 24.0. The Kier molecular flexibility index (Phi) is 8.67.